The van der Waals surface area contributed by atoms with Crippen molar-refractivity contribution in [3.63, 3.8) is 0 Å². The Morgan fingerprint density at radius 1 is 1.55 bits per heavy atom. The van der Waals surface area contributed by atoms with Gasteiger partial charge in [0, 0.05) is 11.9 Å². The lowest BCUT2D eigenvalue weighted by Crippen LogP contribution is -1.89. The van der Waals surface area contributed by atoms with Crippen molar-refractivity contribution in [3.05, 3.63) is 35.4 Å². The van der Waals surface area contributed by atoms with E-state index in [0.717, 1.165) is 5.69 Å². The zero-order chi connectivity index (χ0) is 8.27. The molecule has 1 aromatic heterocycles. The Morgan fingerprint density at radius 3 is 2.82 bits per heavy atom. The van der Waals surface area contributed by atoms with Crippen LogP contribution in [-0.4, -0.2) is 4.98 Å². The van der Waals surface area contributed by atoms with Crippen molar-refractivity contribution in [2.45, 2.75) is 19.8 Å². The zero-order valence-corrected chi connectivity index (χ0v) is 6.70. The molecule has 0 unspecified atom stereocenters. The minimum absolute atomic E-state index is 0.400. The molecule has 0 spiro atoms. The van der Waals surface area contributed by atoms with Gasteiger partial charge in [0.05, 0.1) is 6.57 Å². The Hall–Kier alpha value is -1.36. The minimum atomic E-state index is 0.400. The fourth-order valence-corrected chi connectivity index (χ4v) is 0.822. The second-order valence-corrected chi connectivity index (χ2v) is 2.71. The highest BCUT2D eigenvalue weighted by Crippen LogP contribution is 2.17. The molecule has 0 N–H and O–H groups in total. The summed E-state index contributed by atoms with van der Waals surface area (Å²) in [5.74, 6) is 0.400. The zero-order valence-electron chi connectivity index (χ0n) is 6.70. The number of pyridine rings is 1. The van der Waals surface area contributed by atoms with Gasteiger partial charge in [-0.05, 0) is 18.1 Å². The highest BCUT2D eigenvalue weighted by Gasteiger charge is 1.99. The van der Waals surface area contributed by atoms with Crippen LogP contribution in [0.25, 0.3) is 4.85 Å². The predicted molar refractivity (Wildman–Crippen MR) is 44.6 cm³/mol. The molecule has 2 nitrogen and oxygen atoms in total. The fraction of sp³-hybridized carbons (Fsp3) is 0.333. The van der Waals surface area contributed by atoms with Crippen LogP contribution in [-0.2, 0) is 0 Å². The third-order valence-electron chi connectivity index (χ3n) is 1.49. The normalized spacial score (nSPS) is 9.64. The van der Waals surface area contributed by atoms with E-state index in [-0.39, 0.29) is 0 Å². The standard InChI is InChI=1S/C9H10N2/c1-7(2)9-6-8(10-3)4-5-11-9/h4-7H,1-2H3. The molecule has 0 aromatic carbocycles. The lowest BCUT2D eigenvalue weighted by atomic mass is 10.1. The van der Waals surface area contributed by atoms with E-state index in [1.54, 1.807) is 12.3 Å². The molecule has 0 saturated heterocycles. The lowest BCUT2D eigenvalue weighted by Gasteiger charge is -2.02. The van der Waals surface area contributed by atoms with Crippen LogP contribution in [0, 0.1) is 6.57 Å². The third kappa shape index (κ3) is 1.78. The first-order valence-electron chi connectivity index (χ1n) is 3.57. The smallest absolute Gasteiger partial charge is 0.190 e. The Kier molecular flexibility index (Phi) is 2.22. The fourth-order valence-electron chi connectivity index (χ4n) is 0.822. The summed E-state index contributed by atoms with van der Waals surface area (Å²) in [6, 6.07) is 3.55. The Morgan fingerprint density at radius 2 is 2.27 bits per heavy atom. The molecule has 0 aliphatic carbocycles. The van der Waals surface area contributed by atoms with E-state index >= 15 is 0 Å². The lowest BCUT2D eigenvalue weighted by molar-refractivity contribution is 0.824. The SMILES string of the molecule is [C-]#[N+]c1ccnc(C(C)C)c1. The van der Waals surface area contributed by atoms with E-state index in [9.17, 15) is 0 Å². The summed E-state index contributed by atoms with van der Waals surface area (Å²) in [5, 5.41) is 0. The maximum absolute atomic E-state index is 6.78. The van der Waals surface area contributed by atoms with Crippen LogP contribution in [0.2, 0.25) is 0 Å². The van der Waals surface area contributed by atoms with Gasteiger partial charge in [-0.1, -0.05) is 13.8 Å². The van der Waals surface area contributed by atoms with Gasteiger partial charge in [0.1, 0.15) is 0 Å². The molecule has 11 heavy (non-hydrogen) atoms. The number of rotatable bonds is 1. The van der Waals surface area contributed by atoms with E-state index in [4.69, 9.17) is 6.57 Å². The van der Waals surface area contributed by atoms with Gasteiger partial charge in [-0.25, -0.2) is 4.85 Å². The quantitative estimate of drug-likeness (QED) is 0.557. The molecule has 2 heteroatoms. The van der Waals surface area contributed by atoms with Gasteiger partial charge >= 0.3 is 0 Å². The maximum atomic E-state index is 6.78. The summed E-state index contributed by atoms with van der Waals surface area (Å²) < 4.78 is 0. The molecule has 0 atom stereocenters. The Bertz CT molecular complexity index is 284. The number of hydrogen-bond acceptors (Lipinski definition) is 1. The van der Waals surface area contributed by atoms with E-state index < -0.39 is 0 Å². The molecule has 0 fully saturated rings. The summed E-state index contributed by atoms with van der Waals surface area (Å²) in [4.78, 5) is 7.47. The minimum Gasteiger partial charge on any atom is -0.264 e. The molecule has 1 rings (SSSR count). The molecular weight excluding hydrogens is 136 g/mol. The van der Waals surface area contributed by atoms with Crippen LogP contribution in [0.5, 0.6) is 0 Å². The Balaban J connectivity index is 3.03. The molecule has 0 bridgehead atoms. The van der Waals surface area contributed by atoms with Crippen molar-refractivity contribution in [1.29, 1.82) is 0 Å². The van der Waals surface area contributed by atoms with Crippen LogP contribution < -0.4 is 0 Å². The van der Waals surface area contributed by atoms with Crippen molar-refractivity contribution >= 4 is 5.69 Å². The van der Waals surface area contributed by atoms with Gasteiger partial charge in [-0.3, -0.25) is 4.98 Å². The molecule has 1 heterocycles. The van der Waals surface area contributed by atoms with Gasteiger partial charge in [0.15, 0.2) is 5.69 Å². The molecule has 0 aliphatic rings. The van der Waals surface area contributed by atoms with E-state index in [2.05, 4.69) is 23.7 Å². The molecule has 0 radical (unpaired) electrons. The maximum Gasteiger partial charge on any atom is 0.190 e. The third-order valence-corrected chi connectivity index (χ3v) is 1.49. The number of hydrogen-bond donors (Lipinski definition) is 0. The molecular formula is C9H10N2. The first kappa shape index (κ1) is 7.74. The van der Waals surface area contributed by atoms with Crippen molar-refractivity contribution in [2.75, 3.05) is 0 Å². The van der Waals surface area contributed by atoms with Gasteiger partial charge in [-0.2, -0.15) is 0 Å². The predicted octanol–water partition coefficient (Wildman–Crippen LogP) is 2.76. The average Bonchev–Trinajstić information content (AvgIpc) is 2.05. The number of nitrogens with zero attached hydrogens (tertiary/aromatic N) is 2. The topological polar surface area (TPSA) is 17.2 Å². The first-order chi connectivity index (χ1) is 5.24. The van der Waals surface area contributed by atoms with E-state index in [0.29, 0.717) is 11.6 Å². The van der Waals surface area contributed by atoms with Crippen molar-refractivity contribution in [3.8, 4) is 0 Å². The molecule has 0 aliphatic heterocycles. The van der Waals surface area contributed by atoms with E-state index in [1.165, 1.54) is 0 Å². The number of aromatic nitrogens is 1. The van der Waals surface area contributed by atoms with Crippen LogP contribution in [0.1, 0.15) is 25.5 Å². The molecule has 0 amide bonds. The molecule has 56 valence electrons. The van der Waals surface area contributed by atoms with E-state index in [1.807, 2.05) is 6.07 Å². The van der Waals surface area contributed by atoms with Gasteiger partial charge in [0.2, 0.25) is 0 Å². The van der Waals surface area contributed by atoms with Crippen LogP contribution >= 0.6 is 0 Å². The highest BCUT2D eigenvalue weighted by molar-refractivity contribution is 5.44. The van der Waals surface area contributed by atoms with Crippen molar-refractivity contribution in [2.24, 2.45) is 0 Å². The highest BCUT2D eigenvalue weighted by atomic mass is 14.7. The van der Waals surface area contributed by atoms with Crippen LogP contribution in [0.3, 0.4) is 0 Å². The second-order valence-electron chi connectivity index (χ2n) is 2.71. The van der Waals surface area contributed by atoms with Gasteiger partial charge in [-0.15, -0.1) is 0 Å². The first-order valence-corrected chi connectivity index (χ1v) is 3.57. The summed E-state index contributed by atoms with van der Waals surface area (Å²) >= 11 is 0. The van der Waals surface area contributed by atoms with Gasteiger partial charge < -0.3 is 0 Å². The average molecular weight is 146 g/mol. The van der Waals surface area contributed by atoms with Gasteiger partial charge in [0.25, 0.3) is 0 Å². The monoisotopic (exact) mass is 146 g/mol. The summed E-state index contributed by atoms with van der Waals surface area (Å²) in [6.07, 6.45) is 1.68. The molecule has 1 aromatic rings. The Labute approximate surface area is 66.7 Å². The van der Waals surface area contributed by atoms with Crippen molar-refractivity contribution in [1.82, 2.24) is 4.98 Å². The largest absolute Gasteiger partial charge is 0.264 e. The second kappa shape index (κ2) is 3.16. The van der Waals surface area contributed by atoms with Crippen LogP contribution in [0.4, 0.5) is 5.69 Å². The van der Waals surface area contributed by atoms with Crippen molar-refractivity contribution < 1.29 is 0 Å². The summed E-state index contributed by atoms with van der Waals surface area (Å²) in [7, 11) is 0. The molecule has 0 saturated carbocycles. The van der Waals surface area contributed by atoms with Crippen LogP contribution in [0.15, 0.2) is 18.3 Å². The summed E-state index contributed by atoms with van der Waals surface area (Å²) in [6.45, 7) is 10.9. The summed E-state index contributed by atoms with van der Waals surface area (Å²) in [5.41, 5.74) is 1.65.